The van der Waals surface area contributed by atoms with Crippen LogP contribution in [0.15, 0.2) is 42.0 Å². The zero-order valence-electron chi connectivity index (χ0n) is 15.2. The van der Waals surface area contributed by atoms with E-state index in [-0.39, 0.29) is 0 Å². The summed E-state index contributed by atoms with van der Waals surface area (Å²) < 4.78 is 8.96. The van der Waals surface area contributed by atoms with Crippen LogP contribution in [-0.2, 0) is 17.4 Å². The van der Waals surface area contributed by atoms with E-state index in [1.165, 1.54) is 51.4 Å². The molecule has 2 aliphatic rings. The van der Waals surface area contributed by atoms with Crippen LogP contribution in [0.2, 0.25) is 9.26 Å². The average molecular weight is 394 g/mol. The Labute approximate surface area is 140 Å². The molecule has 122 valence electrons. The van der Waals surface area contributed by atoms with Crippen LogP contribution in [0.4, 0.5) is 0 Å². The van der Waals surface area contributed by atoms with Crippen LogP contribution < -0.4 is 0 Å². The Morgan fingerprint density at radius 3 is 2.32 bits per heavy atom. The molecule has 2 aliphatic carbocycles. The molecule has 2 rings (SSSR count). The molecule has 0 unspecified atom stereocenters. The average Bonchev–Trinajstić information content (AvgIpc) is 3.12. The van der Waals surface area contributed by atoms with Crippen LogP contribution >= 0.6 is 0 Å². The van der Waals surface area contributed by atoms with Gasteiger partial charge in [0.25, 0.3) is 0 Å². The van der Waals surface area contributed by atoms with Gasteiger partial charge in [-0.15, -0.1) is 0 Å². The van der Waals surface area contributed by atoms with E-state index in [1.807, 2.05) is 3.28 Å². The van der Waals surface area contributed by atoms with Gasteiger partial charge in [-0.05, 0) is 0 Å². The Bertz CT molecular complexity index is 608. The van der Waals surface area contributed by atoms with Crippen molar-refractivity contribution in [3.63, 3.8) is 0 Å². The molecule has 0 radical (unpaired) electrons. The van der Waals surface area contributed by atoms with E-state index in [0.29, 0.717) is 0 Å². The van der Waals surface area contributed by atoms with Crippen LogP contribution in [0.25, 0.3) is 0 Å². The number of allylic oxidation sites excluding steroid dienone is 8. The van der Waals surface area contributed by atoms with Crippen molar-refractivity contribution in [2.24, 2.45) is 0 Å². The maximum atomic E-state index is 2.66. The van der Waals surface area contributed by atoms with Crippen LogP contribution in [0.1, 0.15) is 65.2 Å². The van der Waals surface area contributed by atoms with E-state index < -0.39 is 17.4 Å². The maximum absolute atomic E-state index is 2.83. The topological polar surface area (TPSA) is 0 Å². The van der Waals surface area contributed by atoms with Crippen molar-refractivity contribution in [2.75, 3.05) is 0 Å². The van der Waals surface area contributed by atoms with Crippen LogP contribution in [0.5, 0.6) is 0 Å². The van der Waals surface area contributed by atoms with Crippen LogP contribution in [0.3, 0.4) is 0 Å². The fourth-order valence-electron chi connectivity index (χ4n) is 3.73. The molecule has 0 saturated heterocycles. The molecule has 0 atom stereocenters. The molecule has 0 nitrogen and oxygen atoms in total. The van der Waals surface area contributed by atoms with Gasteiger partial charge in [-0.1, -0.05) is 0 Å². The Kier molecular flexibility index (Phi) is 6.11. The summed E-state index contributed by atoms with van der Waals surface area (Å²) >= 11 is -2.83. The van der Waals surface area contributed by atoms with Gasteiger partial charge in [-0.3, -0.25) is 0 Å². The second-order valence-corrected chi connectivity index (χ2v) is 37.1. The van der Waals surface area contributed by atoms with Crippen LogP contribution in [-0.4, -0.2) is 6.88 Å². The van der Waals surface area contributed by atoms with Gasteiger partial charge in [-0.25, -0.2) is 0 Å². The van der Waals surface area contributed by atoms with E-state index in [2.05, 4.69) is 54.3 Å². The number of rotatable bonds is 8. The summed E-state index contributed by atoms with van der Waals surface area (Å²) in [5, 5.41) is 0. The summed E-state index contributed by atoms with van der Waals surface area (Å²) in [6.07, 6.45) is 20.2. The van der Waals surface area contributed by atoms with Gasteiger partial charge >= 0.3 is 141 Å². The Balaban J connectivity index is 2.25. The van der Waals surface area contributed by atoms with Crippen molar-refractivity contribution in [1.29, 1.82) is 0 Å². The predicted octanol–water partition coefficient (Wildman–Crippen LogP) is 6.13. The molecule has 0 saturated carbocycles. The Morgan fingerprint density at radius 2 is 1.73 bits per heavy atom. The van der Waals surface area contributed by atoms with E-state index in [1.54, 1.807) is 14.4 Å². The Hall–Kier alpha value is 0.0600. The molecule has 2 heteroatoms. The molecule has 0 N–H and O–H groups in total. The Morgan fingerprint density at radius 1 is 1.05 bits per heavy atom. The van der Waals surface area contributed by atoms with Gasteiger partial charge in [-0.2, -0.15) is 0 Å². The molecular formula is C20H34SiZr. The van der Waals surface area contributed by atoms with Gasteiger partial charge in [0, 0.05) is 0 Å². The summed E-state index contributed by atoms with van der Waals surface area (Å²) in [5.41, 5.74) is 3.50. The molecule has 22 heavy (non-hydrogen) atoms. The summed E-state index contributed by atoms with van der Waals surface area (Å²) in [5.74, 6) is 0. The van der Waals surface area contributed by atoms with Crippen molar-refractivity contribution in [1.82, 2.24) is 0 Å². The third-order valence-electron chi connectivity index (χ3n) is 5.67. The van der Waals surface area contributed by atoms with Gasteiger partial charge in [0.05, 0.1) is 0 Å². The fourth-order valence-corrected chi connectivity index (χ4v) is 14.6. The molecule has 0 fully saturated rings. The quantitative estimate of drug-likeness (QED) is 0.435. The molecule has 0 bridgehead atoms. The minimum atomic E-state index is -2.83. The molecule has 0 aromatic heterocycles. The third-order valence-corrected chi connectivity index (χ3v) is 22.9. The zero-order chi connectivity index (χ0) is 16.2. The molecule has 0 heterocycles. The van der Waals surface area contributed by atoms with Crippen molar-refractivity contribution >= 4 is 6.88 Å². The van der Waals surface area contributed by atoms with Gasteiger partial charge in [0.2, 0.25) is 0 Å². The first-order valence-electron chi connectivity index (χ1n) is 9.23. The molecule has 0 aromatic carbocycles. The number of hydrogen-bond donors (Lipinski definition) is 0. The van der Waals surface area contributed by atoms with E-state index in [0.717, 1.165) is 0 Å². The van der Waals surface area contributed by atoms with E-state index in [4.69, 9.17) is 0 Å². The molecule has 0 spiro atoms. The summed E-state index contributed by atoms with van der Waals surface area (Å²) in [6, 6.07) is 0. The second-order valence-electron chi connectivity index (χ2n) is 8.19. The van der Waals surface area contributed by atoms with E-state index >= 15 is 0 Å². The molecule has 0 aliphatic heterocycles. The molecule has 0 aromatic rings. The second kappa shape index (κ2) is 7.31. The first kappa shape index (κ1) is 18.4. The van der Waals surface area contributed by atoms with Crippen LogP contribution in [0, 0.1) is 0 Å². The van der Waals surface area contributed by atoms with Gasteiger partial charge in [0.1, 0.15) is 0 Å². The summed E-state index contributed by atoms with van der Waals surface area (Å²) in [7, 11) is 0. The van der Waals surface area contributed by atoms with Gasteiger partial charge < -0.3 is 0 Å². The van der Waals surface area contributed by atoms with Crippen molar-refractivity contribution in [2.45, 2.75) is 74.5 Å². The predicted molar refractivity (Wildman–Crippen MR) is 101 cm³/mol. The zero-order valence-corrected chi connectivity index (χ0v) is 19.0. The first-order chi connectivity index (χ1) is 10.4. The third kappa shape index (κ3) is 3.93. The minimum absolute atomic E-state index is 1.22. The van der Waals surface area contributed by atoms with Crippen molar-refractivity contribution < 1.29 is 17.4 Å². The van der Waals surface area contributed by atoms with Gasteiger partial charge in [0.15, 0.2) is 0 Å². The number of hydrogen-bond acceptors (Lipinski definition) is 0. The monoisotopic (exact) mass is 392 g/mol. The molecular weight excluding hydrogens is 360 g/mol. The number of unbranched alkanes of at least 4 members (excludes halogenated alkanes) is 2. The van der Waals surface area contributed by atoms with Crippen molar-refractivity contribution in [3.05, 3.63) is 42.0 Å². The standard InChI is InChI=1S/C13H21.C5H5.2CH3.H2Si.Zr/c1-3-5-8-12-10-7-11-13(12)9-6-4-2;1-2-4-5-3-1;;;;/h10H,3-6,8-9,11H2,1-2H3;1-3H,4H2;2*1H3;1H2;. The van der Waals surface area contributed by atoms with E-state index in [9.17, 15) is 0 Å². The summed E-state index contributed by atoms with van der Waals surface area (Å²) in [6.45, 7) is 7.02. The summed E-state index contributed by atoms with van der Waals surface area (Å²) in [4.78, 5) is 0. The first-order valence-corrected chi connectivity index (χ1v) is 22.5. The SMILES string of the molecule is CCCCC1=C(CCCC)C[C]([Zr]([CH3])([CH3])(=[SiH2])[C]2=CC=CC2)=C1. The fraction of sp³-hybridized carbons (Fsp3) is 0.600. The van der Waals surface area contributed by atoms with Crippen molar-refractivity contribution in [3.8, 4) is 0 Å². The normalized spacial score (nSPS) is 19.0. The molecule has 0 amide bonds.